The number of carbonyl (C=O) groups excluding carboxylic acids is 2. The Morgan fingerprint density at radius 3 is 1.23 bits per heavy atom. The summed E-state index contributed by atoms with van der Waals surface area (Å²) in [5.74, 6) is -0.508. The van der Waals surface area contributed by atoms with Gasteiger partial charge in [-0.3, -0.25) is 18.6 Å². The number of nitrogens with zero attached hydrogens (tertiary/aromatic N) is 1. The third-order valence-corrected chi connectivity index (χ3v) is 16.0. The third-order valence-electron chi connectivity index (χ3n) is 15.0. The van der Waals surface area contributed by atoms with E-state index in [1.54, 1.807) is 0 Å². The molecule has 0 fully saturated rings. The number of quaternary nitrogens is 1. The number of phosphoric acid groups is 1. The molecule has 3 unspecified atom stereocenters. The molecule has 1 amide bonds. The van der Waals surface area contributed by atoms with Gasteiger partial charge in [0, 0.05) is 12.8 Å². The van der Waals surface area contributed by atoms with Crippen molar-refractivity contribution < 1.29 is 37.3 Å². The van der Waals surface area contributed by atoms with E-state index in [4.69, 9.17) is 13.8 Å². The normalized spacial score (nSPS) is 13.9. The number of phosphoric ester groups is 1. The van der Waals surface area contributed by atoms with Gasteiger partial charge in [0.2, 0.25) is 5.91 Å². The molecule has 78 heavy (non-hydrogen) atoms. The number of hydrogen-bond acceptors (Lipinski definition) is 6. The number of esters is 1. The van der Waals surface area contributed by atoms with E-state index >= 15 is 0 Å². The van der Waals surface area contributed by atoms with Crippen LogP contribution in [0.25, 0.3) is 0 Å². The average molecular weight is 1120 g/mol. The van der Waals surface area contributed by atoms with E-state index in [1.165, 1.54) is 199 Å². The van der Waals surface area contributed by atoms with E-state index in [-0.39, 0.29) is 25.1 Å². The molecule has 2 N–H and O–H groups in total. The van der Waals surface area contributed by atoms with Crippen LogP contribution in [-0.2, 0) is 27.9 Å². The summed E-state index contributed by atoms with van der Waals surface area (Å²) in [6, 6.07) is -0.853. The highest BCUT2D eigenvalue weighted by atomic mass is 31.2. The Morgan fingerprint density at radius 1 is 0.462 bits per heavy atom. The van der Waals surface area contributed by atoms with Crippen molar-refractivity contribution in [2.24, 2.45) is 0 Å². The van der Waals surface area contributed by atoms with Crippen LogP contribution in [0.2, 0.25) is 0 Å². The van der Waals surface area contributed by atoms with Gasteiger partial charge in [-0.25, -0.2) is 4.57 Å². The summed E-state index contributed by atoms with van der Waals surface area (Å²) in [4.78, 5) is 37.7. The van der Waals surface area contributed by atoms with Crippen LogP contribution in [0.5, 0.6) is 0 Å². The summed E-state index contributed by atoms with van der Waals surface area (Å²) >= 11 is 0. The van der Waals surface area contributed by atoms with Gasteiger partial charge in [-0.05, 0) is 63.9 Å². The Bertz CT molecular complexity index is 1470. The molecule has 0 aromatic carbocycles. The van der Waals surface area contributed by atoms with Crippen molar-refractivity contribution >= 4 is 19.7 Å². The molecule has 9 nitrogen and oxygen atoms in total. The van der Waals surface area contributed by atoms with Gasteiger partial charge < -0.3 is 19.4 Å². The van der Waals surface area contributed by atoms with Gasteiger partial charge in [0.05, 0.1) is 33.8 Å². The molecular weight excluding hydrogens is 988 g/mol. The number of unbranched alkanes of at least 4 members (excludes halogenated alkanes) is 39. The summed E-state index contributed by atoms with van der Waals surface area (Å²) in [6.07, 6.45) is 72.7. The summed E-state index contributed by atoms with van der Waals surface area (Å²) in [6.45, 7) is 6.92. The first-order valence-electron chi connectivity index (χ1n) is 33.5. The van der Waals surface area contributed by atoms with Gasteiger partial charge in [-0.15, -0.1) is 0 Å². The van der Waals surface area contributed by atoms with E-state index < -0.39 is 20.0 Å². The molecular formula is C68H130N2O7P+. The number of likely N-dealkylation sites (N-methyl/N-ethyl adjacent to an activating group) is 1. The van der Waals surface area contributed by atoms with Crippen molar-refractivity contribution in [1.82, 2.24) is 5.32 Å². The van der Waals surface area contributed by atoms with Crippen molar-refractivity contribution in [3.63, 3.8) is 0 Å². The van der Waals surface area contributed by atoms with E-state index in [0.717, 1.165) is 89.9 Å². The fraction of sp³-hybridized carbons (Fsp3) is 0.853. The van der Waals surface area contributed by atoms with Crippen LogP contribution in [0.3, 0.4) is 0 Å². The molecule has 458 valence electrons. The molecule has 0 spiro atoms. The fourth-order valence-electron chi connectivity index (χ4n) is 9.90. The van der Waals surface area contributed by atoms with Gasteiger partial charge in [0.1, 0.15) is 19.3 Å². The Labute approximate surface area is 484 Å². The molecule has 0 aromatic rings. The third kappa shape index (κ3) is 58.6. The highest BCUT2D eigenvalue weighted by molar-refractivity contribution is 7.47. The zero-order valence-corrected chi connectivity index (χ0v) is 53.3. The largest absolute Gasteiger partial charge is 0.472 e. The molecule has 0 radical (unpaired) electrons. The van der Waals surface area contributed by atoms with E-state index in [0.29, 0.717) is 23.9 Å². The van der Waals surface area contributed by atoms with Crippen molar-refractivity contribution in [2.45, 2.75) is 335 Å². The molecule has 3 atom stereocenters. The maximum absolute atomic E-state index is 13.5. The first-order chi connectivity index (χ1) is 37.9. The maximum atomic E-state index is 13.5. The van der Waals surface area contributed by atoms with E-state index in [1.807, 2.05) is 33.3 Å². The molecule has 0 saturated heterocycles. The predicted octanol–water partition coefficient (Wildman–Crippen LogP) is 20.8. The lowest BCUT2D eigenvalue weighted by atomic mass is 10.0. The maximum Gasteiger partial charge on any atom is 0.472 e. The SMILES string of the molecule is CC/C=C/C/C=C/C/C=C/CCCCCCCCC(=O)NC(COP(=O)(O)OCC[N+](C)(C)C)C(/C=C\CCCCCCCCCCC)OC(=O)CCCCCCCCCCCCCCCCCCCCCCCCCCC. The highest BCUT2D eigenvalue weighted by Crippen LogP contribution is 2.43. The predicted molar refractivity (Wildman–Crippen MR) is 337 cm³/mol. The molecule has 0 rings (SSSR count). The molecule has 0 heterocycles. The number of allylic oxidation sites excluding steroid dienone is 7. The summed E-state index contributed by atoms with van der Waals surface area (Å²) in [7, 11) is 1.49. The van der Waals surface area contributed by atoms with Crippen LogP contribution in [-0.4, -0.2) is 74.3 Å². The van der Waals surface area contributed by atoms with Crippen LogP contribution in [0, 0.1) is 0 Å². The van der Waals surface area contributed by atoms with Crippen molar-refractivity contribution in [1.29, 1.82) is 0 Å². The lowest BCUT2D eigenvalue weighted by molar-refractivity contribution is -0.870. The smallest absolute Gasteiger partial charge is 0.456 e. The van der Waals surface area contributed by atoms with Crippen LogP contribution < -0.4 is 5.32 Å². The number of nitrogens with one attached hydrogen (secondary N) is 1. The standard InChI is InChI=1S/C68H129N2O7P/c1-7-10-13-16-19-22-25-27-29-31-32-33-34-35-36-37-38-39-41-43-46-49-52-55-58-61-68(72)77-66(59-56-53-50-47-44-24-21-18-15-12-9-3)65(64-76-78(73,74)75-63-62-70(4,5)6)69-67(71)60-57-54-51-48-45-42-40-30-28-26-23-20-17-14-11-8-2/h11,14,20,23,28,30,56,59,65-66H,7-10,12-13,15-19,21-22,24-27,29,31-55,57-58,60-64H2,1-6H3,(H-,69,71,73,74)/p+1/b14-11+,23-20+,30-28+,59-56-. The Kier molecular flexibility index (Phi) is 56.7. The van der Waals surface area contributed by atoms with E-state index in [2.05, 4.69) is 62.5 Å². The first kappa shape index (κ1) is 76.0. The second-order valence-corrected chi connectivity index (χ2v) is 25.4. The number of ether oxygens (including phenoxy) is 1. The molecule has 10 heteroatoms. The van der Waals surface area contributed by atoms with Crippen molar-refractivity contribution in [2.75, 3.05) is 40.9 Å². The van der Waals surface area contributed by atoms with Crippen LogP contribution in [0.4, 0.5) is 0 Å². The number of hydrogen-bond donors (Lipinski definition) is 2. The van der Waals surface area contributed by atoms with Gasteiger partial charge >= 0.3 is 13.8 Å². The zero-order chi connectivity index (χ0) is 57.2. The second-order valence-electron chi connectivity index (χ2n) is 24.0. The minimum Gasteiger partial charge on any atom is -0.456 e. The topological polar surface area (TPSA) is 111 Å². The lowest BCUT2D eigenvalue weighted by Crippen LogP contribution is -2.47. The monoisotopic (exact) mass is 1120 g/mol. The number of carbonyl (C=O) groups is 2. The van der Waals surface area contributed by atoms with E-state index in [9.17, 15) is 19.0 Å². The molecule has 0 saturated carbocycles. The summed E-state index contributed by atoms with van der Waals surface area (Å²) in [5, 5.41) is 3.05. The lowest BCUT2D eigenvalue weighted by Gasteiger charge is -2.27. The van der Waals surface area contributed by atoms with Gasteiger partial charge in [-0.2, -0.15) is 0 Å². The summed E-state index contributed by atoms with van der Waals surface area (Å²) in [5.41, 5.74) is 0. The quantitative estimate of drug-likeness (QED) is 0.0205. The Balaban J connectivity index is 5.02. The summed E-state index contributed by atoms with van der Waals surface area (Å²) < 4.78 is 30.7. The van der Waals surface area contributed by atoms with Crippen molar-refractivity contribution in [3.05, 3.63) is 48.6 Å². The molecule has 0 aliphatic carbocycles. The zero-order valence-electron chi connectivity index (χ0n) is 52.4. The van der Waals surface area contributed by atoms with Crippen LogP contribution >= 0.6 is 7.82 Å². The van der Waals surface area contributed by atoms with Gasteiger partial charge in [-0.1, -0.05) is 294 Å². The minimum absolute atomic E-state index is 0.0384. The highest BCUT2D eigenvalue weighted by Gasteiger charge is 2.30. The number of rotatable bonds is 61. The number of amides is 1. The Hall–Kier alpha value is -2.03. The molecule has 0 aromatic heterocycles. The molecule has 0 aliphatic heterocycles. The van der Waals surface area contributed by atoms with Crippen LogP contribution in [0.15, 0.2) is 48.6 Å². The molecule has 0 aliphatic rings. The van der Waals surface area contributed by atoms with Gasteiger partial charge in [0.15, 0.2) is 0 Å². The van der Waals surface area contributed by atoms with Gasteiger partial charge in [0.25, 0.3) is 0 Å². The molecule has 0 bridgehead atoms. The average Bonchev–Trinajstić information content (AvgIpc) is 3.40. The van der Waals surface area contributed by atoms with Crippen molar-refractivity contribution in [3.8, 4) is 0 Å². The second kappa shape index (κ2) is 58.2. The van der Waals surface area contributed by atoms with Crippen LogP contribution in [0.1, 0.15) is 323 Å². The Morgan fingerprint density at radius 2 is 0.821 bits per heavy atom. The fourth-order valence-corrected chi connectivity index (χ4v) is 10.6. The minimum atomic E-state index is -4.45. The first-order valence-corrected chi connectivity index (χ1v) is 35.0.